The molecule has 1 amide bonds. The summed E-state index contributed by atoms with van der Waals surface area (Å²) in [6, 6.07) is 7.73. The topological polar surface area (TPSA) is 47.3 Å². The molecule has 0 bridgehead atoms. The van der Waals surface area contributed by atoms with Gasteiger partial charge in [0.25, 0.3) is 0 Å². The molecule has 2 atom stereocenters. The van der Waals surface area contributed by atoms with E-state index >= 15 is 0 Å². The van der Waals surface area contributed by atoms with Gasteiger partial charge in [-0.3, -0.25) is 4.79 Å². The number of rotatable bonds is 2. The Balaban J connectivity index is 2.43. The van der Waals surface area contributed by atoms with Crippen LogP contribution in [0, 0.1) is 17.1 Å². The molecule has 4 nitrogen and oxygen atoms in total. The number of carbonyl (C=O) groups is 1. The van der Waals surface area contributed by atoms with Crippen molar-refractivity contribution in [1.82, 2.24) is 4.90 Å². The van der Waals surface area contributed by atoms with E-state index in [1.807, 2.05) is 13.0 Å². The first-order valence-electron chi connectivity index (χ1n) is 6.21. The molecule has 2 rings (SSSR count). The van der Waals surface area contributed by atoms with Gasteiger partial charge in [0.1, 0.15) is 11.9 Å². The highest BCUT2D eigenvalue weighted by molar-refractivity contribution is 5.87. The highest BCUT2D eigenvalue weighted by atomic mass is 19.1. The Hall–Kier alpha value is -2.09. The normalized spacial score (nSPS) is 23.4. The number of nitriles is 1. The number of halogens is 1. The van der Waals surface area contributed by atoms with E-state index in [1.165, 1.54) is 6.07 Å². The van der Waals surface area contributed by atoms with E-state index in [4.69, 9.17) is 5.26 Å². The Morgan fingerprint density at radius 2 is 2.16 bits per heavy atom. The van der Waals surface area contributed by atoms with Crippen LogP contribution >= 0.6 is 0 Å². The number of carbonyl (C=O) groups excluding carboxylic acids is 1. The maximum atomic E-state index is 13.9. The summed E-state index contributed by atoms with van der Waals surface area (Å²) >= 11 is 0. The molecule has 2 unspecified atom stereocenters. The van der Waals surface area contributed by atoms with Crippen LogP contribution in [0.2, 0.25) is 0 Å². The maximum Gasteiger partial charge on any atom is 0.246 e. The summed E-state index contributed by atoms with van der Waals surface area (Å²) in [7, 11) is 1.71. The molecule has 19 heavy (non-hydrogen) atoms. The smallest absolute Gasteiger partial charge is 0.246 e. The lowest BCUT2D eigenvalue weighted by molar-refractivity contribution is -0.133. The van der Waals surface area contributed by atoms with Gasteiger partial charge in [0.15, 0.2) is 0 Å². The zero-order valence-electron chi connectivity index (χ0n) is 11.0. The van der Waals surface area contributed by atoms with Crippen LogP contribution in [0.4, 0.5) is 10.1 Å². The van der Waals surface area contributed by atoms with E-state index < -0.39 is 6.04 Å². The lowest BCUT2D eigenvalue weighted by Crippen LogP contribution is -2.60. The van der Waals surface area contributed by atoms with Gasteiger partial charge in [-0.25, -0.2) is 4.39 Å². The number of nitrogens with zero attached hydrogens (tertiary/aromatic N) is 3. The minimum atomic E-state index is -0.615. The number of hydrogen-bond donors (Lipinski definition) is 0. The zero-order chi connectivity index (χ0) is 14.0. The van der Waals surface area contributed by atoms with Gasteiger partial charge in [-0.15, -0.1) is 0 Å². The molecular formula is C14H16FN3O. The predicted octanol–water partition coefficient (Wildman–Crippen LogP) is 1.77. The van der Waals surface area contributed by atoms with E-state index in [0.29, 0.717) is 12.2 Å². The van der Waals surface area contributed by atoms with Crippen LogP contribution in [0.3, 0.4) is 0 Å². The Labute approximate surface area is 112 Å². The third kappa shape index (κ3) is 2.39. The first-order chi connectivity index (χ1) is 9.06. The van der Waals surface area contributed by atoms with Gasteiger partial charge in [0, 0.05) is 19.6 Å². The van der Waals surface area contributed by atoms with Crippen molar-refractivity contribution < 1.29 is 9.18 Å². The van der Waals surface area contributed by atoms with Crippen LogP contribution in [-0.4, -0.2) is 36.5 Å². The Morgan fingerprint density at radius 3 is 2.79 bits per heavy atom. The predicted molar refractivity (Wildman–Crippen MR) is 70.0 cm³/mol. The Bertz CT molecular complexity index is 526. The second-order valence-electron chi connectivity index (χ2n) is 4.80. The lowest BCUT2D eigenvalue weighted by atomic mass is 10.0. The fourth-order valence-electron chi connectivity index (χ4n) is 2.59. The average Bonchev–Trinajstić information content (AvgIpc) is 2.38. The second kappa shape index (κ2) is 5.27. The van der Waals surface area contributed by atoms with Crippen molar-refractivity contribution in [3.8, 4) is 6.07 Å². The fourth-order valence-corrected chi connectivity index (χ4v) is 2.59. The summed E-state index contributed by atoms with van der Waals surface area (Å²) in [4.78, 5) is 15.5. The van der Waals surface area contributed by atoms with Crippen LogP contribution in [0.5, 0.6) is 0 Å². The second-order valence-corrected chi connectivity index (χ2v) is 4.80. The molecule has 0 radical (unpaired) electrons. The van der Waals surface area contributed by atoms with Gasteiger partial charge in [0.2, 0.25) is 5.91 Å². The minimum absolute atomic E-state index is 0.0297. The Kier molecular flexibility index (Phi) is 3.70. The maximum absolute atomic E-state index is 13.9. The fraction of sp³-hybridized carbons (Fsp3) is 0.429. The molecule has 1 aliphatic rings. The van der Waals surface area contributed by atoms with E-state index in [9.17, 15) is 9.18 Å². The van der Waals surface area contributed by atoms with E-state index in [1.54, 1.807) is 35.0 Å². The van der Waals surface area contributed by atoms with Crippen LogP contribution in [0.25, 0.3) is 0 Å². The summed E-state index contributed by atoms with van der Waals surface area (Å²) in [5.41, 5.74) is 0.386. The van der Waals surface area contributed by atoms with Crippen molar-refractivity contribution >= 4 is 11.6 Å². The number of amides is 1. The number of hydrogen-bond acceptors (Lipinski definition) is 3. The van der Waals surface area contributed by atoms with Crippen molar-refractivity contribution in [2.75, 3.05) is 18.5 Å². The van der Waals surface area contributed by atoms with Crippen LogP contribution in [0.15, 0.2) is 24.3 Å². The van der Waals surface area contributed by atoms with Crippen molar-refractivity contribution in [2.45, 2.75) is 25.4 Å². The molecule has 0 spiro atoms. The van der Waals surface area contributed by atoms with E-state index in [-0.39, 0.29) is 24.2 Å². The summed E-state index contributed by atoms with van der Waals surface area (Å²) in [6.45, 7) is 2.45. The summed E-state index contributed by atoms with van der Waals surface area (Å²) < 4.78 is 13.9. The number of likely N-dealkylation sites (N-methyl/N-ethyl adjacent to an activating group) is 1. The van der Waals surface area contributed by atoms with E-state index in [2.05, 4.69) is 0 Å². The average molecular weight is 261 g/mol. The molecule has 1 heterocycles. The summed E-state index contributed by atoms with van der Waals surface area (Å²) in [5, 5.41) is 8.90. The molecule has 1 fully saturated rings. The summed E-state index contributed by atoms with van der Waals surface area (Å²) in [6.07, 6.45) is 0.0574. The molecule has 0 aliphatic carbocycles. The lowest BCUT2D eigenvalue weighted by Gasteiger charge is -2.44. The largest absolute Gasteiger partial charge is 0.352 e. The van der Waals surface area contributed by atoms with Crippen molar-refractivity contribution in [3.05, 3.63) is 30.1 Å². The zero-order valence-corrected chi connectivity index (χ0v) is 11.0. The van der Waals surface area contributed by atoms with Gasteiger partial charge >= 0.3 is 0 Å². The SMILES string of the molecule is CC1CN(C)C(=O)C(CC#N)N1c1ccccc1F. The van der Waals surface area contributed by atoms with Crippen molar-refractivity contribution in [2.24, 2.45) is 0 Å². The van der Waals surface area contributed by atoms with Gasteiger partial charge in [-0.05, 0) is 19.1 Å². The molecule has 0 aromatic heterocycles. The number of anilines is 1. The van der Waals surface area contributed by atoms with Gasteiger partial charge in [0.05, 0.1) is 18.2 Å². The number of piperazine rings is 1. The minimum Gasteiger partial charge on any atom is -0.352 e. The van der Waals surface area contributed by atoms with Crippen molar-refractivity contribution in [3.63, 3.8) is 0 Å². The quantitative estimate of drug-likeness (QED) is 0.815. The third-order valence-electron chi connectivity index (χ3n) is 3.43. The van der Waals surface area contributed by atoms with Gasteiger partial charge in [-0.1, -0.05) is 12.1 Å². The standard InChI is InChI=1S/C14H16FN3O/c1-10-9-17(2)14(19)13(7-8-16)18(10)12-6-4-3-5-11(12)15/h3-6,10,13H,7,9H2,1-2H3. The molecule has 5 heteroatoms. The molecule has 100 valence electrons. The van der Waals surface area contributed by atoms with Crippen molar-refractivity contribution in [1.29, 1.82) is 5.26 Å². The van der Waals surface area contributed by atoms with Gasteiger partial charge < -0.3 is 9.80 Å². The monoisotopic (exact) mass is 261 g/mol. The molecule has 1 saturated heterocycles. The first-order valence-corrected chi connectivity index (χ1v) is 6.21. The molecule has 1 aliphatic heterocycles. The van der Waals surface area contributed by atoms with Crippen LogP contribution in [-0.2, 0) is 4.79 Å². The van der Waals surface area contributed by atoms with Crippen LogP contribution in [0.1, 0.15) is 13.3 Å². The molecular weight excluding hydrogens is 245 g/mol. The van der Waals surface area contributed by atoms with E-state index in [0.717, 1.165) is 0 Å². The first kappa shape index (κ1) is 13.3. The van der Waals surface area contributed by atoms with Gasteiger partial charge in [-0.2, -0.15) is 5.26 Å². The molecule has 0 saturated carbocycles. The molecule has 0 N–H and O–H groups in total. The third-order valence-corrected chi connectivity index (χ3v) is 3.43. The number of benzene rings is 1. The molecule has 1 aromatic carbocycles. The summed E-state index contributed by atoms with van der Waals surface area (Å²) in [5.74, 6) is -0.502. The van der Waals surface area contributed by atoms with Crippen LogP contribution < -0.4 is 4.90 Å². The Morgan fingerprint density at radius 1 is 1.47 bits per heavy atom. The highest BCUT2D eigenvalue weighted by Crippen LogP contribution is 2.28. The highest BCUT2D eigenvalue weighted by Gasteiger charge is 2.38. The number of para-hydroxylation sites is 1. The molecule has 1 aromatic rings.